The number of likely N-dealkylation sites (N-methyl/N-ethyl adjacent to an activating group) is 1. The largest absolute Gasteiger partial charge is 0.472 e. The fraction of sp³-hybridized carbons (Fsp3) is 0.929. The first-order valence-corrected chi connectivity index (χ1v) is 23.0. The highest BCUT2D eigenvalue weighted by Crippen LogP contribution is 2.43. The third kappa shape index (κ3) is 37.4. The molecule has 0 saturated carbocycles. The minimum Gasteiger partial charge on any atom is -0.391 e. The van der Waals surface area contributed by atoms with Gasteiger partial charge in [0.25, 0.3) is 0 Å². The molecule has 0 heterocycles. The van der Waals surface area contributed by atoms with Crippen LogP contribution in [0.1, 0.15) is 200 Å². The molecule has 51 heavy (non-hydrogen) atoms. The van der Waals surface area contributed by atoms with E-state index in [1.54, 1.807) is 0 Å². The Hall–Kier alpha value is -0.760. The average Bonchev–Trinajstić information content (AvgIpc) is 3.07. The molecular formula is C42H86N2O6P+. The Morgan fingerprint density at radius 2 is 1.06 bits per heavy atom. The highest BCUT2D eigenvalue weighted by molar-refractivity contribution is 7.47. The lowest BCUT2D eigenvalue weighted by Crippen LogP contribution is -2.46. The molecule has 0 rings (SSSR count). The predicted octanol–water partition coefficient (Wildman–Crippen LogP) is 11.6. The Labute approximate surface area is 316 Å². The number of amides is 1. The Morgan fingerprint density at radius 3 is 1.53 bits per heavy atom. The topological polar surface area (TPSA) is 105 Å². The number of aliphatic hydroxyl groups is 1. The zero-order valence-corrected chi connectivity index (χ0v) is 35.3. The number of hydrogen-bond acceptors (Lipinski definition) is 5. The van der Waals surface area contributed by atoms with E-state index in [1.165, 1.54) is 122 Å². The molecule has 8 nitrogen and oxygen atoms in total. The molecule has 0 radical (unpaired) electrons. The number of carbonyl (C=O) groups excluding carboxylic acids is 1. The molecule has 0 saturated heterocycles. The van der Waals surface area contributed by atoms with E-state index in [1.807, 2.05) is 21.1 Å². The molecule has 0 aromatic carbocycles. The quantitative estimate of drug-likeness (QED) is 0.0250. The Balaban J connectivity index is 4.39. The number of allylic oxidation sites excluding steroid dienone is 2. The Bertz CT molecular complexity index is 850. The van der Waals surface area contributed by atoms with E-state index in [4.69, 9.17) is 9.05 Å². The molecule has 3 N–H and O–H groups in total. The number of nitrogens with one attached hydrogen (secondary N) is 1. The van der Waals surface area contributed by atoms with Crippen LogP contribution in [0.3, 0.4) is 0 Å². The summed E-state index contributed by atoms with van der Waals surface area (Å²) in [6.07, 6.45) is 38.0. The van der Waals surface area contributed by atoms with Crippen molar-refractivity contribution in [3.63, 3.8) is 0 Å². The minimum absolute atomic E-state index is 0.0748. The van der Waals surface area contributed by atoms with Gasteiger partial charge in [0.1, 0.15) is 13.2 Å². The van der Waals surface area contributed by atoms with Gasteiger partial charge in [-0.1, -0.05) is 167 Å². The SMILES string of the molecule is CCCCCC/C=C/CCCCCCCC(=O)N[C@@H](COP(=O)(O)OCC[N+](C)(C)C)[C@H](O)CCCCCCCCCCCCCCCCCC. The molecule has 1 unspecified atom stereocenters. The third-order valence-corrected chi connectivity index (χ3v) is 10.7. The molecule has 1 amide bonds. The van der Waals surface area contributed by atoms with Gasteiger partial charge < -0.3 is 19.8 Å². The van der Waals surface area contributed by atoms with Crippen molar-refractivity contribution in [3.8, 4) is 0 Å². The number of carbonyl (C=O) groups is 1. The van der Waals surface area contributed by atoms with Gasteiger partial charge in [-0.2, -0.15) is 0 Å². The molecule has 0 aliphatic rings. The first kappa shape index (κ1) is 50.2. The molecular weight excluding hydrogens is 659 g/mol. The normalized spacial score (nSPS) is 14.6. The van der Waals surface area contributed by atoms with Crippen LogP contribution in [-0.2, 0) is 18.4 Å². The molecule has 0 aliphatic heterocycles. The van der Waals surface area contributed by atoms with Crippen molar-refractivity contribution in [1.82, 2.24) is 5.32 Å². The van der Waals surface area contributed by atoms with E-state index in [-0.39, 0.29) is 19.1 Å². The monoisotopic (exact) mass is 746 g/mol. The number of phosphoric acid groups is 1. The molecule has 9 heteroatoms. The summed E-state index contributed by atoms with van der Waals surface area (Å²) >= 11 is 0. The van der Waals surface area contributed by atoms with E-state index in [0.717, 1.165) is 51.4 Å². The number of phosphoric ester groups is 1. The summed E-state index contributed by atoms with van der Waals surface area (Å²) in [4.78, 5) is 23.1. The van der Waals surface area contributed by atoms with Gasteiger partial charge in [0, 0.05) is 6.42 Å². The number of aliphatic hydroxyl groups excluding tert-OH is 1. The smallest absolute Gasteiger partial charge is 0.391 e. The van der Waals surface area contributed by atoms with Crippen molar-refractivity contribution in [1.29, 1.82) is 0 Å². The maximum atomic E-state index is 12.8. The Morgan fingerprint density at radius 1 is 0.647 bits per heavy atom. The van der Waals surface area contributed by atoms with Crippen molar-refractivity contribution in [2.45, 2.75) is 212 Å². The van der Waals surface area contributed by atoms with Crippen molar-refractivity contribution in [2.24, 2.45) is 0 Å². The predicted molar refractivity (Wildman–Crippen MR) is 217 cm³/mol. The summed E-state index contributed by atoms with van der Waals surface area (Å²) in [6, 6.07) is -0.759. The van der Waals surface area contributed by atoms with Crippen molar-refractivity contribution in [2.75, 3.05) is 40.9 Å². The van der Waals surface area contributed by atoms with Gasteiger partial charge in [-0.25, -0.2) is 4.57 Å². The van der Waals surface area contributed by atoms with Gasteiger partial charge in [0.2, 0.25) is 5.91 Å². The van der Waals surface area contributed by atoms with E-state index in [0.29, 0.717) is 23.9 Å². The summed E-state index contributed by atoms with van der Waals surface area (Å²) in [5, 5.41) is 13.9. The molecule has 0 fully saturated rings. The third-order valence-electron chi connectivity index (χ3n) is 9.76. The lowest BCUT2D eigenvalue weighted by molar-refractivity contribution is -0.870. The Kier molecular flexibility index (Phi) is 34.5. The summed E-state index contributed by atoms with van der Waals surface area (Å²) in [5.41, 5.74) is 0. The van der Waals surface area contributed by atoms with E-state index >= 15 is 0 Å². The van der Waals surface area contributed by atoms with Gasteiger partial charge in [0.15, 0.2) is 0 Å². The van der Waals surface area contributed by atoms with Crippen molar-refractivity contribution < 1.29 is 32.9 Å². The zero-order valence-electron chi connectivity index (χ0n) is 34.4. The number of quaternary nitrogens is 1. The van der Waals surface area contributed by atoms with Crippen LogP contribution in [0, 0.1) is 0 Å². The lowest BCUT2D eigenvalue weighted by atomic mass is 10.0. The highest BCUT2D eigenvalue weighted by Gasteiger charge is 2.28. The van der Waals surface area contributed by atoms with Crippen LogP contribution in [0.15, 0.2) is 12.2 Å². The number of nitrogens with zero attached hydrogens (tertiary/aromatic N) is 1. The molecule has 0 spiro atoms. The highest BCUT2D eigenvalue weighted by atomic mass is 31.2. The molecule has 0 aromatic heterocycles. The summed E-state index contributed by atoms with van der Waals surface area (Å²) in [6.45, 7) is 4.87. The van der Waals surface area contributed by atoms with Gasteiger partial charge in [-0.15, -0.1) is 0 Å². The molecule has 0 bridgehead atoms. The second kappa shape index (κ2) is 35.0. The van der Waals surface area contributed by atoms with Gasteiger partial charge in [-0.3, -0.25) is 13.8 Å². The lowest BCUT2D eigenvalue weighted by Gasteiger charge is -2.26. The van der Waals surface area contributed by atoms with E-state index in [2.05, 4.69) is 31.3 Å². The first-order chi connectivity index (χ1) is 24.5. The maximum absolute atomic E-state index is 12.8. The molecule has 3 atom stereocenters. The summed E-state index contributed by atoms with van der Waals surface area (Å²) in [5.74, 6) is -0.153. The van der Waals surface area contributed by atoms with Crippen LogP contribution >= 0.6 is 7.82 Å². The van der Waals surface area contributed by atoms with Gasteiger partial charge >= 0.3 is 7.82 Å². The van der Waals surface area contributed by atoms with Crippen molar-refractivity contribution in [3.05, 3.63) is 12.2 Å². The van der Waals surface area contributed by atoms with E-state index in [9.17, 15) is 19.4 Å². The van der Waals surface area contributed by atoms with Gasteiger partial charge in [-0.05, 0) is 38.5 Å². The van der Waals surface area contributed by atoms with Crippen LogP contribution in [0.25, 0.3) is 0 Å². The van der Waals surface area contributed by atoms with Gasteiger partial charge in [0.05, 0.1) is 39.9 Å². The standard InChI is InChI=1S/C42H85N2O6P/c1-6-8-10-12-14-16-18-20-21-22-24-25-27-29-31-33-35-41(45)40(39-50-51(47,48)49-38-37-44(3,4)5)43-42(46)36-34-32-30-28-26-23-19-17-15-13-11-9-7-2/h17,19,40-41,45H,6-16,18,20-39H2,1-5H3,(H-,43,46,47,48)/p+1/b19-17+/t40-,41+/m0/s1. The van der Waals surface area contributed by atoms with E-state index < -0.39 is 20.0 Å². The average molecular weight is 746 g/mol. The summed E-state index contributed by atoms with van der Waals surface area (Å²) < 4.78 is 23.6. The molecule has 304 valence electrons. The molecule has 0 aliphatic carbocycles. The van der Waals surface area contributed by atoms with Crippen LogP contribution in [0.4, 0.5) is 0 Å². The summed E-state index contributed by atoms with van der Waals surface area (Å²) in [7, 11) is 1.61. The van der Waals surface area contributed by atoms with Crippen LogP contribution in [0.5, 0.6) is 0 Å². The van der Waals surface area contributed by atoms with Crippen LogP contribution < -0.4 is 5.32 Å². The van der Waals surface area contributed by atoms with Crippen LogP contribution in [0.2, 0.25) is 0 Å². The fourth-order valence-corrected chi connectivity index (χ4v) is 7.01. The van der Waals surface area contributed by atoms with Crippen molar-refractivity contribution >= 4 is 13.7 Å². The number of unbranched alkanes of at least 4 members (excludes halogenated alkanes) is 24. The fourth-order valence-electron chi connectivity index (χ4n) is 6.28. The molecule has 0 aromatic rings. The maximum Gasteiger partial charge on any atom is 0.472 e. The minimum atomic E-state index is -4.31. The number of rotatable bonds is 39. The second-order valence-electron chi connectivity index (χ2n) is 16.1. The zero-order chi connectivity index (χ0) is 37.9. The number of hydrogen-bond donors (Lipinski definition) is 3. The van der Waals surface area contributed by atoms with Crippen LogP contribution in [-0.4, -0.2) is 73.4 Å². The first-order valence-electron chi connectivity index (χ1n) is 21.6. The second-order valence-corrected chi connectivity index (χ2v) is 17.5.